The van der Waals surface area contributed by atoms with E-state index in [0.717, 1.165) is 38.1 Å². The fraction of sp³-hybridized carbons (Fsp3) is 0.682. The Morgan fingerprint density at radius 1 is 1.30 bits per heavy atom. The minimum Gasteiger partial charge on any atom is -0.335 e. The molecule has 0 saturated carbocycles. The second-order valence-corrected chi connectivity index (χ2v) is 6.91. The normalized spacial score (nSPS) is 12.8. The molecular formula is C22H40N4O. The number of carbonyl (C=O) groups excluding carboxylic acids is 1. The van der Waals surface area contributed by atoms with Gasteiger partial charge in [0.1, 0.15) is 12.2 Å². The van der Waals surface area contributed by atoms with Crippen molar-refractivity contribution < 1.29 is 4.79 Å². The molecule has 0 fully saturated rings. The molecule has 27 heavy (non-hydrogen) atoms. The van der Waals surface area contributed by atoms with Gasteiger partial charge in [-0.3, -0.25) is 9.89 Å². The molecule has 0 aliphatic rings. The van der Waals surface area contributed by atoms with Crippen molar-refractivity contribution in [3.05, 3.63) is 36.0 Å². The molecule has 1 heterocycles. The van der Waals surface area contributed by atoms with Crippen molar-refractivity contribution in [2.75, 3.05) is 6.54 Å². The van der Waals surface area contributed by atoms with Crippen LogP contribution in [0.2, 0.25) is 0 Å². The minimum atomic E-state index is 0.00321. The summed E-state index contributed by atoms with van der Waals surface area (Å²) in [6.45, 7) is 15.9. The number of aromatic amines is 1. The molecule has 5 heteroatoms. The number of H-pyrrole nitrogens is 1. The number of allylic oxidation sites excluding steroid dienone is 4. The molecule has 0 bridgehead atoms. The summed E-state index contributed by atoms with van der Waals surface area (Å²) in [4.78, 5) is 19.4. The Morgan fingerprint density at radius 3 is 2.48 bits per heavy atom. The average Bonchev–Trinajstić information content (AvgIpc) is 3.15. The molecule has 1 rings (SSSR count). The van der Waals surface area contributed by atoms with Gasteiger partial charge in [-0.25, -0.2) is 4.98 Å². The van der Waals surface area contributed by atoms with Crippen LogP contribution in [0.4, 0.5) is 0 Å². The zero-order chi connectivity index (χ0) is 20.7. The minimum absolute atomic E-state index is 0.00321. The third kappa shape index (κ3) is 10.1. The van der Waals surface area contributed by atoms with E-state index in [1.54, 1.807) is 0 Å². The number of amides is 1. The van der Waals surface area contributed by atoms with Crippen LogP contribution in [0.3, 0.4) is 0 Å². The molecule has 1 aromatic rings. The average molecular weight is 377 g/mol. The molecule has 1 atom stereocenters. The SMILES string of the molecule is C/C=C\C(=C/CC)CC(CC(C)C)C(=O)N(CCC)Cc1ncn[nH]1.CC. The quantitative estimate of drug-likeness (QED) is 0.516. The number of aromatic nitrogens is 3. The van der Waals surface area contributed by atoms with Gasteiger partial charge in [-0.15, -0.1) is 0 Å². The number of hydrogen-bond acceptors (Lipinski definition) is 3. The zero-order valence-corrected chi connectivity index (χ0v) is 18.5. The summed E-state index contributed by atoms with van der Waals surface area (Å²) in [6.07, 6.45) is 11.5. The van der Waals surface area contributed by atoms with Crippen LogP contribution in [0.1, 0.15) is 80.0 Å². The number of hydrogen-bond donors (Lipinski definition) is 1. The van der Waals surface area contributed by atoms with Crippen LogP contribution in [0.15, 0.2) is 30.1 Å². The van der Waals surface area contributed by atoms with Gasteiger partial charge < -0.3 is 4.90 Å². The van der Waals surface area contributed by atoms with E-state index >= 15 is 0 Å². The maximum absolute atomic E-state index is 13.3. The molecule has 154 valence electrons. The van der Waals surface area contributed by atoms with Crippen LogP contribution in [0.5, 0.6) is 0 Å². The molecule has 0 spiro atoms. The Bertz CT molecular complexity index is 547. The molecule has 0 radical (unpaired) electrons. The third-order valence-corrected chi connectivity index (χ3v) is 4.05. The molecule has 0 aromatic carbocycles. The zero-order valence-electron chi connectivity index (χ0n) is 18.5. The second-order valence-electron chi connectivity index (χ2n) is 6.91. The van der Waals surface area contributed by atoms with Crippen LogP contribution in [-0.4, -0.2) is 32.5 Å². The van der Waals surface area contributed by atoms with Crippen LogP contribution >= 0.6 is 0 Å². The highest BCUT2D eigenvalue weighted by atomic mass is 16.2. The smallest absolute Gasteiger partial charge is 0.226 e. The van der Waals surface area contributed by atoms with Gasteiger partial charge in [0.25, 0.3) is 0 Å². The molecular weight excluding hydrogens is 336 g/mol. The van der Waals surface area contributed by atoms with Crippen molar-refractivity contribution in [1.29, 1.82) is 0 Å². The Labute approximate surface area is 166 Å². The van der Waals surface area contributed by atoms with Gasteiger partial charge in [0.2, 0.25) is 5.91 Å². The molecule has 1 aromatic heterocycles. The van der Waals surface area contributed by atoms with E-state index in [1.807, 2.05) is 25.7 Å². The monoisotopic (exact) mass is 376 g/mol. The Balaban J connectivity index is 0.00000326. The van der Waals surface area contributed by atoms with Crippen molar-refractivity contribution in [2.24, 2.45) is 11.8 Å². The first-order chi connectivity index (χ1) is 13.0. The first-order valence-electron chi connectivity index (χ1n) is 10.5. The number of carbonyl (C=O) groups is 1. The predicted molar refractivity (Wildman–Crippen MR) is 114 cm³/mol. The Morgan fingerprint density at radius 2 is 2.00 bits per heavy atom. The van der Waals surface area contributed by atoms with Crippen LogP contribution in [0.25, 0.3) is 0 Å². The topological polar surface area (TPSA) is 61.9 Å². The fourth-order valence-electron chi connectivity index (χ4n) is 3.10. The van der Waals surface area contributed by atoms with E-state index in [9.17, 15) is 4.79 Å². The van der Waals surface area contributed by atoms with Crippen LogP contribution in [-0.2, 0) is 11.3 Å². The number of rotatable bonds is 11. The summed E-state index contributed by atoms with van der Waals surface area (Å²) in [5, 5.41) is 6.76. The maximum atomic E-state index is 13.3. The first kappa shape index (κ1) is 25.1. The van der Waals surface area contributed by atoms with E-state index < -0.39 is 0 Å². The number of nitrogens with one attached hydrogen (secondary N) is 1. The molecule has 0 aliphatic carbocycles. The van der Waals surface area contributed by atoms with Gasteiger partial charge in [0, 0.05) is 12.5 Å². The largest absolute Gasteiger partial charge is 0.335 e. The molecule has 1 unspecified atom stereocenters. The lowest BCUT2D eigenvalue weighted by Crippen LogP contribution is -2.37. The summed E-state index contributed by atoms with van der Waals surface area (Å²) in [7, 11) is 0. The van der Waals surface area contributed by atoms with E-state index in [0.29, 0.717) is 12.5 Å². The standard InChI is InChI=1S/C20H34N4O.C2H6/c1-6-9-17(10-7-2)13-18(12-16(4)5)20(25)24(11-8-3)14-19-21-15-22-23-19;1-2/h6,9-10,15-16,18H,7-8,11-14H2,1-5H3,(H,21,22,23);1-2H3/b9-6-,17-10+;. The lowest BCUT2D eigenvalue weighted by molar-refractivity contribution is -0.136. The van der Waals surface area contributed by atoms with Gasteiger partial charge in [-0.2, -0.15) is 5.10 Å². The molecule has 1 N–H and O–H groups in total. The lowest BCUT2D eigenvalue weighted by atomic mass is 9.89. The molecule has 0 aliphatic heterocycles. The van der Waals surface area contributed by atoms with Gasteiger partial charge in [-0.05, 0) is 38.5 Å². The summed E-state index contributed by atoms with van der Waals surface area (Å²) in [6, 6.07) is 0. The van der Waals surface area contributed by atoms with Crippen molar-refractivity contribution in [2.45, 2.75) is 80.7 Å². The fourth-order valence-corrected chi connectivity index (χ4v) is 3.10. The summed E-state index contributed by atoms with van der Waals surface area (Å²) in [5.41, 5.74) is 1.25. The van der Waals surface area contributed by atoms with Crippen LogP contribution < -0.4 is 0 Å². The van der Waals surface area contributed by atoms with Gasteiger partial charge in [-0.1, -0.05) is 65.3 Å². The predicted octanol–water partition coefficient (Wildman–Crippen LogP) is 5.53. The lowest BCUT2D eigenvalue weighted by Gasteiger charge is -2.28. The molecule has 1 amide bonds. The van der Waals surface area contributed by atoms with E-state index in [-0.39, 0.29) is 11.8 Å². The Hall–Kier alpha value is -1.91. The summed E-state index contributed by atoms with van der Waals surface area (Å²) < 4.78 is 0. The number of nitrogens with zero attached hydrogens (tertiary/aromatic N) is 3. The van der Waals surface area contributed by atoms with Gasteiger partial charge in [0.05, 0.1) is 6.54 Å². The first-order valence-corrected chi connectivity index (χ1v) is 10.5. The highest BCUT2D eigenvalue weighted by Crippen LogP contribution is 2.24. The van der Waals surface area contributed by atoms with Crippen LogP contribution in [0, 0.1) is 11.8 Å². The second kappa shape index (κ2) is 15.2. The third-order valence-electron chi connectivity index (χ3n) is 4.05. The van der Waals surface area contributed by atoms with E-state index in [1.165, 1.54) is 11.9 Å². The highest BCUT2D eigenvalue weighted by Gasteiger charge is 2.26. The van der Waals surface area contributed by atoms with E-state index in [4.69, 9.17) is 0 Å². The summed E-state index contributed by atoms with van der Waals surface area (Å²) in [5.74, 6) is 1.45. The van der Waals surface area contributed by atoms with Gasteiger partial charge >= 0.3 is 0 Å². The molecule has 5 nitrogen and oxygen atoms in total. The highest BCUT2D eigenvalue weighted by molar-refractivity contribution is 5.79. The van der Waals surface area contributed by atoms with Crippen molar-refractivity contribution in [3.8, 4) is 0 Å². The maximum Gasteiger partial charge on any atom is 0.226 e. The van der Waals surface area contributed by atoms with Crippen molar-refractivity contribution >= 4 is 5.91 Å². The van der Waals surface area contributed by atoms with E-state index in [2.05, 4.69) is 61.1 Å². The summed E-state index contributed by atoms with van der Waals surface area (Å²) >= 11 is 0. The van der Waals surface area contributed by atoms with Crippen molar-refractivity contribution in [1.82, 2.24) is 20.1 Å². The van der Waals surface area contributed by atoms with Gasteiger partial charge in [0.15, 0.2) is 0 Å². The molecule has 0 saturated heterocycles. The van der Waals surface area contributed by atoms with Crippen molar-refractivity contribution in [3.63, 3.8) is 0 Å². The Kier molecular flexibility index (Phi) is 14.1.